The van der Waals surface area contributed by atoms with E-state index in [1.54, 1.807) is 5.38 Å². The first-order chi connectivity index (χ1) is 10.7. The van der Waals surface area contributed by atoms with Crippen LogP contribution in [-0.4, -0.2) is 4.98 Å². The Morgan fingerprint density at radius 2 is 1.68 bits per heavy atom. The Hall–Kier alpha value is -2.58. The van der Waals surface area contributed by atoms with Crippen LogP contribution in [0.5, 0.6) is 0 Å². The summed E-state index contributed by atoms with van der Waals surface area (Å²) < 4.78 is 27.6. The van der Waals surface area contributed by atoms with Crippen molar-refractivity contribution in [1.82, 2.24) is 4.98 Å². The lowest BCUT2D eigenvalue weighted by molar-refractivity contribution is 0.589. The number of rotatable bonds is 3. The van der Waals surface area contributed by atoms with Crippen molar-refractivity contribution in [3.63, 3.8) is 0 Å². The van der Waals surface area contributed by atoms with Gasteiger partial charge in [-0.2, -0.15) is 5.26 Å². The van der Waals surface area contributed by atoms with Gasteiger partial charge in [0.2, 0.25) is 0 Å². The Bertz CT molecular complexity index is 817. The van der Waals surface area contributed by atoms with E-state index in [1.165, 1.54) is 29.5 Å². The van der Waals surface area contributed by atoms with Crippen LogP contribution in [0.4, 0.5) is 8.78 Å². The molecule has 108 valence electrons. The van der Waals surface area contributed by atoms with E-state index in [1.807, 2.05) is 30.3 Å². The molecule has 0 saturated carbocycles. The number of benzene rings is 2. The van der Waals surface area contributed by atoms with Gasteiger partial charge in [0, 0.05) is 5.38 Å². The summed E-state index contributed by atoms with van der Waals surface area (Å²) >= 11 is 1.22. The highest BCUT2D eigenvalue weighted by atomic mass is 32.1. The molecule has 0 N–H and O–H groups in total. The minimum atomic E-state index is -0.662. The average molecular weight is 312 g/mol. The highest BCUT2D eigenvalue weighted by Gasteiger charge is 2.20. The van der Waals surface area contributed by atoms with E-state index in [-0.39, 0.29) is 11.3 Å². The molecule has 1 unspecified atom stereocenters. The molecule has 0 radical (unpaired) electrons. The molecule has 1 atom stereocenters. The van der Waals surface area contributed by atoms with Gasteiger partial charge in [-0.15, -0.1) is 11.3 Å². The van der Waals surface area contributed by atoms with E-state index in [2.05, 4.69) is 11.1 Å². The van der Waals surface area contributed by atoms with Gasteiger partial charge in [-0.05, 0) is 17.7 Å². The van der Waals surface area contributed by atoms with Crippen molar-refractivity contribution in [1.29, 1.82) is 5.26 Å². The summed E-state index contributed by atoms with van der Waals surface area (Å²) in [6.45, 7) is 0. The molecule has 1 heterocycles. The van der Waals surface area contributed by atoms with Crippen LogP contribution in [0.15, 0.2) is 53.9 Å². The molecule has 22 heavy (non-hydrogen) atoms. The first-order valence-electron chi connectivity index (χ1n) is 6.55. The quantitative estimate of drug-likeness (QED) is 0.700. The van der Waals surface area contributed by atoms with E-state index in [4.69, 9.17) is 0 Å². The molecular weight excluding hydrogens is 302 g/mol. The number of hydrogen-bond donors (Lipinski definition) is 0. The number of thiazole rings is 1. The Labute approximate surface area is 130 Å². The summed E-state index contributed by atoms with van der Waals surface area (Å²) in [6, 6.07) is 15.1. The van der Waals surface area contributed by atoms with Crippen LogP contribution in [0.3, 0.4) is 0 Å². The Morgan fingerprint density at radius 1 is 1.00 bits per heavy atom. The van der Waals surface area contributed by atoms with Gasteiger partial charge < -0.3 is 0 Å². The third-order valence-corrected chi connectivity index (χ3v) is 4.16. The minimum Gasteiger partial charge on any atom is -0.239 e. The van der Waals surface area contributed by atoms with E-state index < -0.39 is 17.6 Å². The van der Waals surface area contributed by atoms with Gasteiger partial charge in [0.1, 0.15) is 22.6 Å². The largest absolute Gasteiger partial charge is 0.239 e. The topological polar surface area (TPSA) is 36.7 Å². The van der Waals surface area contributed by atoms with Crippen molar-refractivity contribution in [2.45, 2.75) is 5.92 Å². The fourth-order valence-corrected chi connectivity index (χ4v) is 3.07. The number of halogens is 2. The number of aromatic nitrogens is 1. The molecular formula is C17H10F2N2S. The van der Waals surface area contributed by atoms with Gasteiger partial charge in [-0.3, -0.25) is 0 Å². The molecule has 5 heteroatoms. The Morgan fingerprint density at radius 3 is 2.32 bits per heavy atom. The van der Waals surface area contributed by atoms with Crippen molar-refractivity contribution < 1.29 is 8.78 Å². The van der Waals surface area contributed by atoms with E-state index in [0.29, 0.717) is 5.01 Å². The third-order valence-electron chi connectivity index (χ3n) is 3.25. The Kier molecular flexibility index (Phi) is 3.94. The first-order valence-corrected chi connectivity index (χ1v) is 7.43. The maximum atomic E-state index is 13.8. The smallest absolute Gasteiger partial charge is 0.135 e. The third kappa shape index (κ3) is 2.61. The van der Waals surface area contributed by atoms with E-state index >= 15 is 0 Å². The van der Waals surface area contributed by atoms with Crippen molar-refractivity contribution in [2.75, 3.05) is 0 Å². The molecule has 2 aromatic carbocycles. The van der Waals surface area contributed by atoms with E-state index in [0.717, 1.165) is 5.56 Å². The van der Waals surface area contributed by atoms with Gasteiger partial charge in [-0.25, -0.2) is 13.8 Å². The molecule has 0 bridgehead atoms. The van der Waals surface area contributed by atoms with Crippen LogP contribution in [0.1, 0.15) is 16.5 Å². The molecule has 3 rings (SSSR count). The molecule has 1 aromatic heterocycles. The summed E-state index contributed by atoms with van der Waals surface area (Å²) in [7, 11) is 0. The predicted molar refractivity (Wildman–Crippen MR) is 81.4 cm³/mol. The zero-order valence-electron chi connectivity index (χ0n) is 11.3. The lowest BCUT2D eigenvalue weighted by Crippen LogP contribution is -1.98. The summed E-state index contributed by atoms with van der Waals surface area (Å²) in [4.78, 5) is 4.27. The van der Waals surface area contributed by atoms with E-state index in [9.17, 15) is 14.0 Å². The van der Waals surface area contributed by atoms with Crippen molar-refractivity contribution in [3.05, 3.63) is 76.1 Å². The van der Waals surface area contributed by atoms with Gasteiger partial charge >= 0.3 is 0 Å². The number of nitrogens with zero attached hydrogens (tertiary/aromatic N) is 2. The molecule has 0 aliphatic heterocycles. The fourth-order valence-electron chi connectivity index (χ4n) is 2.20. The SMILES string of the molecule is N#CC(c1ccccc1)c1nc(-c2c(F)cccc2F)cs1. The van der Waals surface area contributed by atoms with Gasteiger partial charge in [0.05, 0.1) is 17.3 Å². The molecule has 0 saturated heterocycles. The van der Waals surface area contributed by atoms with Crippen LogP contribution in [0.2, 0.25) is 0 Å². The first kappa shape index (κ1) is 14.4. The van der Waals surface area contributed by atoms with Crippen LogP contribution < -0.4 is 0 Å². The van der Waals surface area contributed by atoms with Crippen molar-refractivity contribution >= 4 is 11.3 Å². The summed E-state index contributed by atoms with van der Waals surface area (Å²) in [5, 5.41) is 11.5. The van der Waals surface area contributed by atoms with Crippen molar-refractivity contribution in [2.24, 2.45) is 0 Å². The lowest BCUT2D eigenvalue weighted by Gasteiger charge is -2.05. The normalized spacial score (nSPS) is 11.9. The zero-order valence-corrected chi connectivity index (χ0v) is 12.1. The van der Waals surface area contributed by atoms with Crippen LogP contribution in [0.25, 0.3) is 11.3 Å². The molecule has 0 spiro atoms. The molecule has 3 aromatic rings. The van der Waals surface area contributed by atoms with Gasteiger partial charge in [-0.1, -0.05) is 36.4 Å². The second kappa shape index (κ2) is 6.04. The second-order valence-electron chi connectivity index (χ2n) is 4.64. The molecule has 2 nitrogen and oxygen atoms in total. The highest BCUT2D eigenvalue weighted by Crippen LogP contribution is 2.32. The molecule has 0 aliphatic carbocycles. The van der Waals surface area contributed by atoms with Gasteiger partial charge in [0.15, 0.2) is 0 Å². The van der Waals surface area contributed by atoms with Crippen molar-refractivity contribution in [3.8, 4) is 17.3 Å². The maximum Gasteiger partial charge on any atom is 0.135 e. The molecule has 0 amide bonds. The summed E-state index contributed by atoms with van der Waals surface area (Å²) in [6.07, 6.45) is 0. The standard InChI is InChI=1S/C17H10F2N2S/c18-13-7-4-8-14(19)16(13)15-10-22-17(21-15)12(9-20)11-5-2-1-3-6-11/h1-8,10,12H. The highest BCUT2D eigenvalue weighted by molar-refractivity contribution is 7.10. The molecule has 0 fully saturated rings. The van der Waals surface area contributed by atoms with Crippen LogP contribution in [0, 0.1) is 23.0 Å². The zero-order chi connectivity index (χ0) is 15.5. The maximum absolute atomic E-state index is 13.8. The monoisotopic (exact) mass is 312 g/mol. The summed E-state index contributed by atoms with van der Waals surface area (Å²) in [5.74, 6) is -1.87. The van der Waals surface area contributed by atoms with Crippen LogP contribution >= 0.6 is 11.3 Å². The predicted octanol–water partition coefficient (Wildman–Crippen LogP) is 4.74. The second-order valence-corrected chi connectivity index (χ2v) is 5.53. The van der Waals surface area contributed by atoms with Gasteiger partial charge in [0.25, 0.3) is 0 Å². The number of hydrogen-bond acceptors (Lipinski definition) is 3. The Balaban J connectivity index is 2.02. The minimum absolute atomic E-state index is 0.158. The lowest BCUT2D eigenvalue weighted by atomic mass is 10.0. The summed E-state index contributed by atoms with van der Waals surface area (Å²) in [5.41, 5.74) is 0.862. The molecule has 0 aliphatic rings. The van der Waals surface area contributed by atoms with Crippen LogP contribution in [-0.2, 0) is 0 Å². The average Bonchev–Trinajstić information content (AvgIpc) is 2.98. The fraction of sp³-hybridized carbons (Fsp3) is 0.0588. The number of nitriles is 1.